The molecule has 1 aromatic heterocycles. The number of urea groups is 1. The number of hydrazone groups is 1. The fraction of sp³-hybridized carbons (Fsp3) is 0.0909. The first-order chi connectivity index (χ1) is 7.77. The molecule has 5 heteroatoms. The average molecular weight is 216 g/mol. The molecule has 1 aromatic carbocycles. The van der Waals surface area contributed by atoms with Gasteiger partial charge in [0, 0.05) is 29.7 Å². The van der Waals surface area contributed by atoms with Gasteiger partial charge in [-0.2, -0.15) is 5.10 Å². The summed E-state index contributed by atoms with van der Waals surface area (Å²) >= 11 is 0. The normalized spacial score (nSPS) is 11.0. The first-order valence-corrected chi connectivity index (χ1v) is 4.89. The minimum Gasteiger partial charge on any atom is -0.361 e. The lowest BCUT2D eigenvalue weighted by molar-refractivity contribution is 0.249. The molecular formula is C11H12N4O. The average Bonchev–Trinajstić information content (AvgIpc) is 2.68. The second-order valence-corrected chi connectivity index (χ2v) is 3.35. The number of aromatic nitrogens is 1. The minimum atomic E-state index is -0.657. The number of aromatic amines is 1. The van der Waals surface area contributed by atoms with E-state index in [0.717, 1.165) is 16.5 Å². The highest BCUT2D eigenvalue weighted by molar-refractivity contribution is 5.85. The van der Waals surface area contributed by atoms with E-state index in [9.17, 15) is 4.79 Å². The molecular weight excluding hydrogens is 204 g/mol. The Morgan fingerprint density at radius 2 is 2.31 bits per heavy atom. The molecule has 2 amide bonds. The van der Waals surface area contributed by atoms with Gasteiger partial charge >= 0.3 is 6.03 Å². The predicted octanol–water partition coefficient (Wildman–Crippen LogP) is 1.36. The molecule has 4 N–H and O–H groups in total. The van der Waals surface area contributed by atoms with Gasteiger partial charge in [0.1, 0.15) is 0 Å². The molecule has 0 atom stereocenters. The van der Waals surface area contributed by atoms with Crippen LogP contribution in [0.25, 0.3) is 10.9 Å². The topological polar surface area (TPSA) is 83.3 Å². The molecule has 5 nitrogen and oxygen atoms in total. The van der Waals surface area contributed by atoms with Crippen LogP contribution in [0.3, 0.4) is 0 Å². The van der Waals surface area contributed by atoms with Crippen molar-refractivity contribution in [3.05, 3.63) is 36.0 Å². The molecule has 0 unspecified atom stereocenters. The monoisotopic (exact) mass is 216 g/mol. The Labute approximate surface area is 92.3 Å². The highest BCUT2D eigenvalue weighted by Crippen LogP contribution is 2.17. The lowest BCUT2D eigenvalue weighted by Crippen LogP contribution is -2.24. The maximum absolute atomic E-state index is 10.4. The molecule has 82 valence electrons. The summed E-state index contributed by atoms with van der Waals surface area (Å²) in [6.07, 6.45) is 4.19. The quantitative estimate of drug-likeness (QED) is 0.525. The molecule has 0 radical (unpaired) electrons. The van der Waals surface area contributed by atoms with E-state index >= 15 is 0 Å². The second kappa shape index (κ2) is 4.48. The van der Waals surface area contributed by atoms with Crippen molar-refractivity contribution < 1.29 is 4.79 Å². The Morgan fingerprint density at radius 1 is 1.50 bits per heavy atom. The van der Waals surface area contributed by atoms with Crippen molar-refractivity contribution in [3.8, 4) is 0 Å². The van der Waals surface area contributed by atoms with Gasteiger partial charge in [0.25, 0.3) is 0 Å². The molecule has 0 fully saturated rings. The van der Waals surface area contributed by atoms with Crippen molar-refractivity contribution in [2.24, 2.45) is 10.8 Å². The lowest BCUT2D eigenvalue weighted by atomic mass is 10.1. The number of fused-ring (bicyclic) bond motifs is 1. The third-order valence-corrected chi connectivity index (χ3v) is 2.25. The molecule has 16 heavy (non-hydrogen) atoms. The maximum atomic E-state index is 10.4. The van der Waals surface area contributed by atoms with Crippen molar-refractivity contribution in [3.63, 3.8) is 0 Å². The fourth-order valence-corrected chi connectivity index (χ4v) is 1.55. The van der Waals surface area contributed by atoms with E-state index in [0.29, 0.717) is 6.42 Å². The number of H-pyrrole nitrogens is 1. The summed E-state index contributed by atoms with van der Waals surface area (Å²) in [5.74, 6) is 0. The standard InChI is InChI=1S/C11H12N4O/c12-11(16)15-14-6-5-8-7-13-10-4-2-1-3-9(8)10/h1-4,6-7,13H,5H2,(H3,12,15,16). The van der Waals surface area contributed by atoms with Crippen LogP contribution in [-0.4, -0.2) is 17.2 Å². The third kappa shape index (κ3) is 2.20. The van der Waals surface area contributed by atoms with Crippen LogP contribution >= 0.6 is 0 Å². The van der Waals surface area contributed by atoms with Crippen LogP contribution in [0, 0.1) is 0 Å². The Morgan fingerprint density at radius 3 is 3.12 bits per heavy atom. The largest absolute Gasteiger partial charge is 0.361 e. The lowest BCUT2D eigenvalue weighted by Gasteiger charge is -1.93. The first kappa shape index (κ1) is 10.2. The van der Waals surface area contributed by atoms with Crippen LogP contribution in [0.2, 0.25) is 0 Å². The number of nitrogens with two attached hydrogens (primary N) is 1. The smallest absolute Gasteiger partial charge is 0.332 e. The summed E-state index contributed by atoms with van der Waals surface area (Å²) in [5.41, 5.74) is 9.25. The number of carbonyl (C=O) groups excluding carboxylic acids is 1. The van der Waals surface area contributed by atoms with Crippen LogP contribution in [0.5, 0.6) is 0 Å². The number of hydrogen-bond donors (Lipinski definition) is 3. The molecule has 0 saturated carbocycles. The highest BCUT2D eigenvalue weighted by Gasteiger charge is 2.00. The zero-order valence-corrected chi connectivity index (χ0v) is 8.60. The van der Waals surface area contributed by atoms with Crippen molar-refractivity contribution in [1.29, 1.82) is 0 Å². The Balaban J connectivity index is 2.10. The molecule has 0 aliphatic heterocycles. The van der Waals surface area contributed by atoms with E-state index in [1.165, 1.54) is 0 Å². The molecule has 2 aromatic rings. The van der Waals surface area contributed by atoms with Gasteiger partial charge < -0.3 is 10.7 Å². The Kier molecular flexibility index (Phi) is 2.86. The number of benzene rings is 1. The van der Waals surface area contributed by atoms with E-state index < -0.39 is 6.03 Å². The highest BCUT2D eigenvalue weighted by atomic mass is 16.2. The number of primary amides is 1. The zero-order valence-electron chi connectivity index (χ0n) is 8.60. The maximum Gasteiger partial charge on any atom is 0.332 e. The Hall–Kier alpha value is -2.30. The predicted molar refractivity (Wildman–Crippen MR) is 63.2 cm³/mol. The number of amides is 2. The minimum absolute atomic E-state index is 0.643. The molecule has 0 bridgehead atoms. The number of para-hydroxylation sites is 1. The molecule has 1 heterocycles. The number of carbonyl (C=O) groups is 1. The van der Waals surface area contributed by atoms with Crippen LogP contribution in [0.1, 0.15) is 5.56 Å². The molecule has 2 rings (SSSR count). The summed E-state index contributed by atoms with van der Waals surface area (Å²) in [4.78, 5) is 13.5. The van der Waals surface area contributed by atoms with Crippen molar-refractivity contribution in [1.82, 2.24) is 10.4 Å². The summed E-state index contributed by atoms with van der Waals surface area (Å²) in [7, 11) is 0. The molecule has 0 aliphatic carbocycles. The summed E-state index contributed by atoms with van der Waals surface area (Å²) in [5, 5.41) is 4.85. The molecule has 0 spiro atoms. The summed E-state index contributed by atoms with van der Waals surface area (Å²) in [6, 6.07) is 7.35. The van der Waals surface area contributed by atoms with Gasteiger partial charge in [-0.15, -0.1) is 0 Å². The number of hydrogen-bond acceptors (Lipinski definition) is 2. The molecule has 0 aliphatic rings. The van der Waals surface area contributed by atoms with Gasteiger partial charge in [0.2, 0.25) is 0 Å². The van der Waals surface area contributed by atoms with Crippen LogP contribution in [-0.2, 0) is 6.42 Å². The second-order valence-electron chi connectivity index (χ2n) is 3.35. The fourth-order valence-electron chi connectivity index (χ4n) is 1.55. The number of rotatable bonds is 3. The molecule has 0 saturated heterocycles. The van der Waals surface area contributed by atoms with E-state index in [2.05, 4.69) is 15.5 Å². The summed E-state index contributed by atoms with van der Waals surface area (Å²) in [6.45, 7) is 0. The van der Waals surface area contributed by atoms with Gasteiger partial charge in [-0.3, -0.25) is 0 Å². The zero-order chi connectivity index (χ0) is 11.4. The van der Waals surface area contributed by atoms with Crippen molar-refractivity contribution >= 4 is 23.1 Å². The van der Waals surface area contributed by atoms with Gasteiger partial charge in [-0.25, -0.2) is 10.2 Å². The van der Waals surface area contributed by atoms with Gasteiger partial charge in [-0.1, -0.05) is 18.2 Å². The third-order valence-electron chi connectivity index (χ3n) is 2.25. The first-order valence-electron chi connectivity index (χ1n) is 4.89. The Bertz CT molecular complexity index is 530. The van der Waals surface area contributed by atoms with Crippen LogP contribution in [0.4, 0.5) is 4.79 Å². The van der Waals surface area contributed by atoms with Gasteiger partial charge in [0.05, 0.1) is 0 Å². The van der Waals surface area contributed by atoms with Crippen LogP contribution in [0.15, 0.2) is 35.6 Å². The van der Waals surface area contributed by atoms with Crippen molar-refractivity contribution in [2.75, 3.05) is 0 Å². The van der Waals surface area contributed by atoms with Crippen LogP contribution < -0.4 is 11.2 Å². The van der Waals surface area contributed by atoms with Gasteiger partial charge in [0.15, 0.2) is 0 Å². The van der Waals surface area contributed by atoms with E-state index in [4.69, 9.17) is 5.73 Å². The van der Waals surface area contributed by atoms with E-state index in [1.54, 1.807) is 6.21 Å². The summed E-state index contributed by atoms with van der Waals surface area (Å²) < 4.78 is 0. The van der Waals surface area contributed by atoms with Gasteiger partial charge in [-0.05, 0) is 11.6 Å². The number of nitrogens with zero attached hydrogens (tertiary/aromatic N) is 1. The van der Waals surface area contributed by atoms with Crippen molar-refractivity contribution in [2.45, 2.75) is 6.42 Å². The number of nitrogens with one attached hydrogen (secondary N) is 2. The van der Waals surface area contributed by atoms with E-state index in [-0.39, 0.29) is 0 Å². The van der Waals surface area contributed by atoms with E-state index in [1.807, 2.05) is 30.5 Å². The SMILES string of the molecule is NC(=O)NN=CCc1c[nH]c2ccccc12.